The summed E-state index contributed by atoms with van der Waals surface area (Å²) in [5, 5.41) is 0. The number of urea groups is 1. The SMILES string of the molecule is NC(N)=O.O=P(O)(O)OS(=O)(=O)O.[Ca+2].[H-].[H-]. The second-order valence-electron chi connectivity index (χ2n) is 1.40. The fourth-order valence-corrected chi connectivity index (χ4v) is 1.10. The molecule has 2 amide bonds. The van der Waals surface area contributed by atoms with Crippen LogP contribution < -0.4 is 11.5 Å². The van der Waals surface area contributed by atoms with Crippen molar-refractivity contribution in [2.45, 2.75) is 0 Å². The molecule has 0 radical (unpaired) electrons. The van der Waals surface area contributed by atoms with Gasteiger partial charge in [-0.15, -0.1) is 3.97 Å². The average Bonchev–Trinajstić information content (AvgIpc) is 1.47. The van der Waals surface area contributed by atoms with Gasteiger partial charge in [0.1, 0.15) is 0 Å². The van der Waals surface area contributed by atoms with Crippen LogP contribution in [0.2, 0.25) is 0 Å². The number of hydrogen-bond donors (Lipinski definition) is 5. The maximum absolute atomic E-state index is 9.58. The maximum atomic E-state index is 9.58. The summed E-state index contributed by atoms with van der Waals surface area (Å²) in [6.45, 7) is 0. The van der Waals surface area contributed by atoms with E-state index in [1.807, 2.05) is 0 Å². The normalized spacial score (nSPS) is 10.5. The van der Waals surface area contributed by atoms with E-state index < -0.39 is 24.3 Å². The molecule has 14 heavy (non-hydrogen) atoms. The number of nitrogens with two attached hydrogens (primary N) is 2. The Labute approximate surface area is 112 Å². The van der Waals surface area contributed by atoms with E-state index in [0.717, 1.165) is 0 Å². The van der Waals surface area contributed by atoms with Gasteiger partial charge >= 0.3 is 62.0 Å². The van der Waals surface area contributed by atoms with E-state index >= 15 is 0 Å². The standard InChI is InChI=1S/CH4N2O.Ca.H3O7PS.2H/c2-1(3)4;;1-8(2,3)7-9(4,5)6;;/h(H4,2,3,4);;(H2,1,2,3)(H,4,5,6);;/q;+2;;2*-1. The summed E-state index contributed by atoms with van der Waals surface area (Å²) in [5.41, 5.74) is 8.50. The maximum Gasteiger partial charge on any atom is 2.00 e. The van der Waals surface area contributed by atoms with Gasteiger partial charge in [0, 0.05) is 0 Å². The summed E-state index contributed by atoms with van der Waals surface area (Å²) in [4.78, 5) is 24.4. The van der Waals surface area contributed by atoms with E-state index in [-0.39, 0.29) is 40.6 Å². The second-order valence-corrected chi connectivity index (χ2v) is 3.83. The van der Waals surface area contributed by atoms with E-state index in [4.69, 9.17) is 19.1 Å². The van der Waals surface area contributed by atoms with Crippen LogP contribution in [0.25, 0.3) is 0 Å². The van der Waals surface area contributed by atoms with Crippen LogP contribution in [-0.2, 0) is 18.9 Å². The molecule has 0 spiro atoms. The quantitative estimate of drug-likeness (QED) is 0.213. The molecule has 0 saturated carbocycles. The van der Waals surface area contributed by atoms with Crippen LogP contribution in [0.3, 0.4) is 0 Å². The Morgan fingerprint density at radius 2 is 1.57 bits per heavy atom. The molecule has 7 N–H and O–H groups in total. The predicted octanol–water partition coefficient (Wildman–Crippen LogP) is -2.23. The number of phosphoric acid groups is 1. The fraction of sp³-hybridized carbons (Fsp3) is 0. The molecule has 0 aliphatic carbocycles. The third kappa shape index (κ3) is 39.0. The summed E-state index contributed by atoms with van der Waals surface area (Å²) < 4.78 is 39.0. The van der Waals surface area contributed by atoms with Crippen molar-refractivity contribution in [3.05, 3.63) is 0 Å². The van der Waals surface area contributed by atoms with Crippen molar-refractivity contribution in [3.63, 3.8) is 0 Å². The number of rotatable bonds is 2. The molecule has 0 aromatic carbocycles. The van der Waals surface area contributed by atoms with Gasteiger partial charge in [-0.1, -0.05) is 0 Å². The Morgan fingerprint density at radius 3 is 1.57 bits per heavy atom. The summed E-state index contributed by atoms with van der Waals surface area (Å²) in [6.07, 6.45) is 0. The van der Waals surface area contributed by atoms with Crippen LogP contribution in [-0.4, -0.2) is 66.5 Å². The molecule has 0 heterocycles. The summed E-state index contributed by atoms with van der Waals surface area (Å²) >= 11 is 0. The van der Waals surface area contributed by atoms with Gasteiger partial charge in [-0.05, 0) is 0 Å². The van der Waals surface area contributed by atoms with Crippen molar-refractivity contribution < 1.29 is 38.9 Å². The van der Waals surface area contributed by atoms with Crippen molar-refractivity contribution in [2.24, 2.45) is 11.5 Å². The smallest absolute Gasteiger partial charge is 1.00 e. The van der Waals surface area contributed by atoms with Gasteiger partial charge in [-0.3, -0.25) is 4.55 Å². The van der Waals surface area contributed by atoms with E-state index in [9.17, 15) is 13.0 Å². The number of carbonyl (C=O) groups excluding carboxylic acids is 1. The molecule has 0 aromatic heterocycles. The van der Waals surface area contributed by atoms with Gasteiger partial charge in [0.2, 0.25) is 0 Å². The zero-order valence-electron chi connectivity index (χ0n) is 8.60. The molecular formula is CH9CaN2O8PS. The number of primary amides is 2. The zero-order valence-corrected chi connectivity index (χ0v) is 10.5. The zero-order chi connectivity index (χ0) is 11.3. The minimum Gasteiger partial charge on any atom is -1.00 e. The first-order valence-electron chi connectivity index (χ1n) is 2.23. The first-order chi connectivity index (χ1) is 5.44. The molecule has 0 fully saturated rings. The number of carbonyl (C=O) groups is 1. The summed E-state index contributed by atoms with van der Waals surface area (Å²) in [6, 6.07) is -0.833. The molecule has 10 nitrogen and oxygen atoms in total. The molecule has 0 atom stereocenters. The topological polar surface area (TPSA) is 190 Å². The Bertz CT molecular complexity index is 310. The average molecular weight is 280 g/mol. The third-order valence-electron chi connectivity index (χ3n) is 0.191. The van der Waals surface area contributed by atoms with Crippen molar-refractivity contribution in [1.82, 2.24) is 0 Å². The molecule has 0 aromatic rings. The van der Waals surface area contributed by atoms with Crippen LogP contribution in [0.4, 0.5) is 4.79 Å². The van der Waals surface area contributed by atoms with Gasteiger partial charge in [0.25, 0.3) is 0 Å². The van der Waals surface area contributed by atoms with Gasteiger partial charge in [0.05, 0.1) is 0 Å². The molecule has 0 aliphatic rings. The minimum absolute atomic E-state index is 0. The second kappa shape index (κ2) is 7.79. The Morgan fingerprint density at radius 1 is 1.36 bits per heavy atom. The molecule has 84 valence electrons. The molecule has 0 rings (SSSR count). The third-order valence-corrected chi connectivity index (χ3v) is 1.72. The number of amides is 2. The van der Waals surface area contributed by atoms with Gasteiger partial charge in [0.15, 0.2) is 0 Å². The predicted molar refractivity (Wildman–Crippen MR) is 46.4 cm³/mol. The number of hydrogen-bond acceptors (Lipinski definition) is 5. The van der Waals surface area contributed by atoms with E-state index in [0.29, 0.717) is 0 Å². The molecule has 0 saturated heterocycles. The molecule has 13 heteroatoms. The van der Waals surface area contributed by atoms with Crippen LogP contribution in [0.15, 0.2) is 0 Å². The van der Waals surface area contributed by atoms with Gasteiger partial charge in [-0.2, -0.15) is 8.42 Å². The van der Waals surface area contributed by atoms with Crippen molar-refractivity contribution in [3.8, 4) is 0 Å². The molecular weight excluding hydrogens is 271 g/mol. The molecule has 0 bridgehead atoms. The largest absolute Gasteiger partial charge is 2.00 e. The van der Waals surface area contributed by atoms with Crippen molar-refractivity contribution in [2.75, 3.05) is 0 Å². The molecule has 0 unspecified atom stereocenters. The Balaban J connectivity index is -0.0000000511. The van der Waals surface area contributed by atoms with Crippen LogP contribution >= 0.6 is 7.82 Å². The minimum atomic E-state index is -5.13. The molecule has 0 aliphatic heterocycles. The Kier molecular flexibility index (Phi) is 11.1. The van der Waals surface area contributed by atoms with E-state index in [1.54, 1.807) is 0 Å². The fourth-order valence-electron chi connectivity index (χ4n) is 0.123. The van der Waals surface area contributed by atoms with Crippen LogP contribution in [0.1, 0.15) is 2.85 Å². The first kappa shape index (κ1) is 20.0. The van der Waals surface area contributed by atoms with Crippen molar-refractivity contribution >= 4 is 62.0 Å². The Hall–Kier alpha value is 0.550. The van der Waals surface area contributed by atoms with Crippen LogP contribution in [0, 0.1) is 0 Å². The first-order valence-corrected chi connectivity index (χ1v) is 5.12. The van der Waals surface area contributed by atoms with E-state index in [2.05, 4.69) is 15.4 Å². The van der Waals surface area contributed by atoms with Crippen LogP contribution in [0.5, 0.6) is 0 Å². The monoisotopic (exact) mass is 280 g/mol. The van der Waals surface area contributed by atoms with E-state index in [1.165, 1.54) is 0 Å². The summed E-state index contributed by atoms with van der Waals surface area (Å²) in [5.74, 6) is 0. The van der Waals surface area contributed by atoms with Crippen molar-refractivity contribution in [1.29, 1.82) is 0 Å². The van der Waals surface area contributed by atoms with Gasteiger partial charge in [-0.25, -0.2) is 9.36 Å². The summed E-state index contributed by atoms with van der Waals surface area (Å²) in [7, 11) is -10.2. The van der Waals surface area contributed by atoms with Gasteiger partial charge < -0.3 is 24.1 Å².